The molecule has 0 radical (unpaired) electrons. The fourth-order valence-corrected chi connectivity index (χ4v) is 6.31. The van der Waals surface area contributed by atoms with Crippen molar-refractivity contribution in [1.82, 2.24) is 9.88 Å². The minimum atomic E-state index is -0.0988. The molecule has 2 aromatic carbocycles. The number of amides is 1. The lowest BCUT2D eigenvalue weighted by Crippen LogP contribution is -2.49. The first kappa shape index (κ1) is 28.5. The van der Waals surface area contributed by atoms with E-state index in [1.807, 2.05) is 29.2 Å². The summed E-state index contributed by atoms with van der Waals surface area (Å²) in [6.45, 7) is 4.94. The molecular weight excluding hydrogens is 567 g/mol. The molecule has 208 valence electrons. The minimum absolute atomic E-state index is 0.0121. The minimum Gasteiger partial charge on any atom is -0.490 e. The highest BCUT2D eigenvalue weighted by atomic mass is 35.5. The second-order valence-corrected chi connectivity index (χ2v) is 11.8. The predicted octanol–water partition coefficient (Wildman–Crippen LogP) is 7.23. The van der Waals surface area contributed by atoms with Crippen LogP contribution in [0.1, 0.15) is 43.2 Å². The molecule has 2 fully saturated rings. The molecule has 0 bridgehead atoms. The molecule has 2 saturated heterocycles. The van der Waals surface area contributed by atoms with Gasteiger partial charge in [0.1, 0.15) is 17.6 Å². The summed E-state index contributed by atoms with van der Waals surface area (Å²) in [7, 11) is 0. The Morgan fingerprint density at radius 2 is 1.75 bits per heavy atom. The van der Waals surface area contributed by atoms with Crippen LogP contribution >= 0.6 is 34.8 Å². The summed E-state index contributed by atoms with van der Waals surface area (Å²) in [5.41, 5.74) is 1.70. The van der Waals surface area contributed by atoms with Crippen LogP contribution in [-0.4, -0.2) is 48.1 Å². The van der Waals surface area contributed by atoms with E-state index < -0.39 is 0 Å². The number of hydrogen-bond donors (Lipinski definition) is 0. The van der Waals surface area contributed by atoms with E-state index in [2.05, 4.69) is 35.0 Å². The number of halogens is 3. The molecule has 0 aliphatic carbocycles. The van der Waals surface area contributed by atoms with Crippen molar-refractivity contribution >= 4 is 46.5 Å². The lowest BCUT2D eigenvalue weighted by Gasteiger charge is -2.43. The molecule has 40 heavy (non-hydrogen) atoms. The number of aromatic nitrogens is 1. The van der Waals surface area contributed by atoms with Gasteiger partial charge in [0.15, 0.2) is 0 Å². The second kappa shape index (κ2) is 12.7. The van der Waals surface area contributed by atoms with Crippen LogP contribution in [0.5, 0.6) is 5.75 Å². The molecule has 0 N–H and O–H groups in total. The quantitative estimate of drug-likeness (QED) is 0.300. The Bertz CT molecular complexity index is 1370. The molecule has 0 saturated carbocycles. The number of nitrogens with zero attached hydrogens (tertiary/aromatic N) is 4. The Balaban J connectivity index is 1.26. The van der Waals surface area contributed by atoms with Gasteiger partial charge in [0.25, 0.3) is 0 Å². The van der Waals surface area contributed by atoms with Gasteiger partial charge in [-0.25, -0.2) is 4.98 Å². The van der Waals surface area contributed by atoms with Gasteiger partial charge >= 0.3 is 0 Å². The monoisotopic (exact) mass is 596 g/mol. The zero-order valence-electron chi connectivity index (χ0n) is 22.3. The van der Waals surface area contributed by atoms with Crippen LogP contribution < -0.4 is 9.64 Å². The summed E-state index contributed by atoms with van der Waals surface area (Å²) in [6, 6.07) is 19.0. The van der Waals surface area contributed by atoms with Crippen molar-refractivity contribution in [3.05, 3.63) is 87.0 Å². The van der Waals surface area contributed by atoms with Gasteiger partial charge in [-0.2, -0.15) is 5.26 Å². The zero-order chi connectivity index (χ0) is 28.2. The number of ether oxygens (including phenoxy) is 1. The van der Waals surface area contributed by atoms with E-state index in [1.54, 1.807) is 24.4 Å². The van der Waals surface area contributed by atoms with Crippen molar-refractivity contribution in [2.45, 2.75) is 38.2 Å². The van der Waals surface area contributed by atoms with Crippen LogP contribution in [0.2, 0.25) is 15.1 Å². The number of rotatable bonds is 6. The van der Waals surface area contributed by atoms with E-state index in [-0.39, 0.29) is 29.8 Å². The van der Waals surface area contributed by atoms with Crippen molar-refractivity contribution in [2.24, 2.45) is 11.8 Å². The maximum absolute atomic E-state index is 13.7. The molecule has 3 atom stereocenters. The maximum atomic E-state index is 13.7. The zero-order valence-corrected chi connectivity index (χ0v) is 24.5. The first-order valence-corrected chi connectivity index (χ1v) is 14.7. The molecule has 6 nitrogen and oxygen atoms in total. The Morgan fingerprint density at radius 3 is 2.40 bits per heavy atom. The molecule has 3 unspecified atom stereocenters. The summed E-state index contributed by atoms with van der Waals surface area (Å²) in [4.78, 5) is 22.4. The number of carbonyl (C=O) groups is 1. The van der Waals surface area contributed by atoms with Gasteiger partial charge in [0, 0.05) is 61.2 Å². The highest BCUT2D eigenvalue weighted by Crippen LogP contribution is 2.38. The smallest absolute Gasteiger partial charge is 0.225 e. The van der Waals surface area contributed by atoms with Crippen LogP contribution in [0.4, 0.5) is 5.82 Å². The number of piperidine rings is 2. The molecule has 5 rings (SSSR count). The maximum Gasteiger partial charge on any atom is 0.225 e. The predicted molar refractivity (Wildman–Crippen MR) is 159 cm³/mol. The van der Waals surface area contributed by atoms with Gasteiger partial charge in [-0.3, -0.25) is 4.79 Å². The van der Waals surface area contributed by atoms with Gasteiger partial charge < -0.3 is 14.5 Å². The van der Waals surface area contributed by atoms with Gasteiger partial charge in [0.2, 0.25) is 5.91 Å². The highest BCUT2D eigenvalue weighted by Gasteiger charge is 2.38. The number of anilines is 1. The van der Waals surface area contributed by atoms with Crippen LogP contribution in [0.3, 0.4) is 0 Å². The molecule has 1 aromatic heterocycles. The number of benzene rings is 2. The molecule has 2 aliphatic rings. The third-order valence-electron chi connectivity index (χ3n) is 8.14. The fraction of sp³-hybridized carbons (Fsp3) is 0.387. The van der Waals surface area contributed by atoms with Crippen LogP contribution in [-0.2, 0) is 4.79 Å². The summed E-state index contributed by atoms with van der Waals surface area (Å²) >= 11 is 18.5. The number of likely N-dealkylation sites (tertiary alicyclic amines) is 1. The molecule has 1 amide bonds. The molecule has 0 spiro atoms. The molecule has 3 aromatic rings. The van der Waals surface area contributed by atoms with Crippen LogP contribution in [0, 0.1) is 23.2 Å². The first-order valence-electron chi connectivity index (χ1n) is 13.6. The number of carbonyl (C=O) groups excluding carboxylic acids is 1. The average Bonchev–Trinajstić information content (AvgIpc) is 2.99. The topological polar surface area (TPSA) is 69.5 Å². The summed E-state index contributed by atoms with van der Waals surface area (Å²) in [6.07, 6.45) is 3.89. The SMILES string of the molecule is CC(Oc1ccc(Cl)c(Cl)c1)C1CCN(C(=O)C2CCN(c3ccc(C#N)cn3)CC2)CC1c1ccc(Cl)cc1. The van der Waals surface area contributed by atoms with E-state index in [9.17, 15) is 4.79 Å². The number of pyridine rings is 1. The number of hydrogen-bond acceptors (Lipinski definition) is 5. The summed E-state index contributed by atoms with van der Waals surface area (Å²) in [5, 5.41) is 10.7. The summed E-state index contributed by atoms with van der Waals surface area (Å²) < 4.78 is 6.34. The van der Waals surface area contributed by atoms with Gasteiger partial charge in [-0.05, 0) is 68.1 Å². The second-order valence-electron chi connectivity index (χ2n) is 10.6. The molecule has 2 aliphatic heterocycles. The van der Waals surface area contributed by atoms with Crippen LogP contribution in [0.25, 0.3) is 0 Å². The van der Waals surface area contributed by atoms with Gasteiger partial charge in [-0.15, -0.1) is 0 Å². The largest absolute Gasteiger partial charge is 0.490 e. The van der Waals surface area contributed by atoms with E-state index in [0.29, 0.717) is 39.5 Å². The molecule has 3 heterocycles. The first-order chi connectivity index (χ1) is 19.3. The molecule has 9 heteroatoms. The third kappa shape index (κ3) is 6.49. The van der Waals surface area contributed by atoms with E-state index in [1.165, 1.54) is 0 Å². The molecular formula is C31H31Cl3N4O2. The summed E-state index contributed by atoms with van der Waals surface area (Å²) in [5.74, 6) is 2.05. The lowest BCUT2D eigenvalue weighted by atomic mass is 9.77. The standard InChI is InChI=1S/C31H31Cl3N4O2/c1-20(40-25-7-8-28(33)29(34)16-25)26-12-15-38(19-27(26)22-3-5-24(32)6-4-22)31(39)23-10-13-37(14-11-23)30-9-2-21(17-35)18-36-30/h2-9,16,18,20,23,26-27H,10-15,19H2,1H3. The van der Waals surface area contributed by atoms with Crippen molar-refractivity contribution in [3.63, 3.8) is 0 Å². The third-order valence-corrected chi connectivity index (χ3v) is 9.13. The van der Waals surface area contributed by atoms with Gasteiger partial charge in [-0.1, -0.05) is 46.9 Å². The average molecular weight is 598 g/mol. The van der Waals surface area contributed by atoms with Crippen LogP contribution in [0.15, 0.2) is 60.8 Å². The van der Waals surface area contributed by atoms with E-state index in [0.717, 1.165) is 43.7 Å². The van der Waals surface area contributed by atoms with Crippen molar-refractivity contribution in [3.8, 4) is 11.8 Å². The van der Waals surface area contributed by atoms with Crippen molar-refractivity contribution in [2.75, 3.05) is 31.1 Å². The fourth-order valence-electron chi connectivity index (χ4n) is 5.90. The Morgan fingerprint density at radius 1 is 1.00 bits per heavy atom. The highest BCUT2D eigenvalue weighted by molar-refractivity contribution is 6.42. The normalized spacial score (nSPS) is 20.6. The van der Waals surface area contributed by atoms with E-state index >= 15 is 0 Å². The Labute approximate surface area is 250 Å². The van der Waals surface area contributed by atoms with Crippen molar-refractivity contribution < 1.29 is 9.53 Å². The number of nitriles is 1. The Hall–Kier alpha value is -2.98. The lowest BCUT2D eigenvalue weighted by molar-refractivity contribution is -0.138. The van der Waals surface area contributed by atoms with Crippen molar-refractivity contribution in [1.29, 1.82) is 5.26 Å². The van der Waals surface area contributed by atoms with E-state index in [4.69, 9.17) is 44.8 Å². The Kier molecular flexibility index (Phi) is 9.05. The van der Waals surface area contributed by atoms with Gasteiger partial charge in [0.05, 0.1) is 21.7 Å².